The molecule has 0 aliphatic carbocycles. The standard InChI is InChI=1S/C15H14N2O3S/c1-18-10-6-5-9(8-11(10)19-2)13-14(20-17-15(13)16)12-4-3-7-21-12/h3-8H,1-2H3,(H2,16,17). The van der Waals surface area contributed by atoms with Crippen molar-refractivity contribution in [3.05, 3.63) is 35.7 Å². The fraction of sp³-hybridized carbons (Fsp3) is 0.133. The van der Waals surface area contributed by atoms with E-state index >= 15 is 0 Å². The predicted molar refractivity (Wildman–Crippen MR) is 82.8 cm³/mol. The average molecular weight is 302 g/mol. The summed E-state index contributed by atoms with van der Waals surface area (Å²) in [5.41, 5.74) is 7.60. The number of ether oxygens (including phenoxy) is 2. The molecule has 0 bridgehead atoms. The van der Waals surface area contributed by atoms with Crippen LogP contribution in [0.3, 0.4) is 0 Å². The third-order valence-electron chi connectivity index (χ3n) is 3.14. The van der Waals surface area contributed by atoms with Crippen molar-refractivity contribution in [2.24, 2.45) is 0 Å². The molecule has 0 saturated carbocycles. The monoisotopic (exact) mass is 302 g/mol. The number of nitrogens with zero attached hydrogens (tertiary/aromatic N) is 1. The lowest BCUT2D eigenvalue weighted by atomic mass is 10.0. The molecule has 0 spiro atoms. The van der Waals surface area contributed by atoms with Gasteiger partial charge in [-0.3, -0.25) is 0 Å². The topological polar surface area (TPSA) is 70.5 Å². The quantitative estimate of drug-likeness (QED) is 0.796. The van der Waals surface area contributed by atoms with Crippen molar-refractivity contribution in [2.45, 2.75) is 0 Å². The summed E-state index contributed by atoms with van der Waals surface area (Å²) < 4.78 is 16.0. The van der Waals surface area contributed by atoms with Gasteiger partial charge < -0.3 is 19.7 Å². The maximum Gasteiger partial charge on any atom is 0.186 e. The Hall–Kier alpha value is -2.47. The van der Waals surface area contributed by atoms with Gasteiger partial charge in [0, 0.05) is 0 Å². The smallest absolute Gasteiger partial charge is 0.186 e. The molecule has 6 heteroatoms. The fourth-order valence-corrected chi connectivity index (χ4v) is 2.86. The third-order valence-corrected chi connectivity index (χ3v) is 4.00. The molecule has 0 saturated heterocycles. The highest BCUT2D eigenvalue weighted by Crippen LogP contribution is 2.41. The molecule has 2 heterocycles. The van der Waals surface area contributed by atoms with Crippen LogP contribution in [0.1, 0.15) is 0 Å². The number of anilines is 1. The molecule has 0 amide bonds. The van der Waals surface area contributed by atoms with Gasteiger partial charge in [-0.25, -0.2) is 0 Å². The van der Waals surface area contributed by atoms with Crippen LogP contribution in [-0.2, 0) is 0 Å². The second kappa shape index (κ2) is 5.49. The van der Waals surface area contributed by atoms with Crippen LogP contribution in [0, 0.1) is 0 Å². The second-order valence-corrected chi connectivity index (χ2v) is 5.27. The molecule has 2 N–H and O–H groups in total. The summed E-state index contributed by atoms with van der Waals surface area (Å²) >= 11 is 1.57. The lowest BCUT2D eigenvalue weighted by Crippen LogP contribution is -1.92. The van der Waals surface area contributed by atoms with E-state index in [0.29, 0.717) is 23.1 Å². The highest BCUT2D eigenvalue weighted by molar-refractivity contribution is 7.13. The van der Waals surface area contributed by atoms with Gasteiger partial charge in [-0.15, -0.1) is 11.3 Å². The minimum atomic E-state index is 0.352. The zero-order valence-electron chi connectivity index (χ0n) is 11.6. The summed E-state index contributed by atoms with van der Waals surface area (Å²) in [6, 6.07) is 9.52. The molecule has 0 atom stereocenters. The summed E-state index contributed by atoms with van der Waals surface area (Å²) in [4.78, 5) is 0.976. The third kappa shape index (κ3) is 2.34. The molecule has 108 valence electrons. The minimum Gasteiger partial charge on any atom is -0.493 e. The maximum absolute atomic E-state index is 5.97. The normalized spacial score (nSPS) is 10.6. The Morgan fingerprint density at radius 1 is 1.14 bits per heavy atom. The van der Waals surface area contributed by atoms with Crippen molar-refractivity contribution in [3.8, 4) is 33.3 Å². The molecule has 2 aromatic heterocycles. The maximum atomic E-state index is 5.97. The minimum absolute atomic E-state index is 0.352. The van der Waals surface area contributed by atoms with Crippen LogP contribution in [0.5, 0.6) is 11.5 Å². The van der Waals surface area contributed by atoms with Gasteiger partial charge in [-0.2, -0.15) is 0 Å². The molecule has 0 unspecified atom stereocenters. The summed E-state index contributed by atoms with van der Waals surface area (Å²) in [7, 11) is 3.20. The Bertz CT molecular complexity index is 750. The summed E-state index contributed by atoms with van der Waals surface area (Å²) in [6.45, 7) is 0. The van der Waals surface area contributed by atoms with E-state index in [1.165, 1.54) is 0 Å². The number of methoxy groups -OCH3 is 2. The Labute approximate surface area is 125 Å². The first-order valence-electron chi connectivity index (χ1n) is 6.26. The predicted octanol–water partition coefficient (Wildman–Crippen LogP) is 3.67. The van der Waals surface area contributed by atoms with Crippen LogP contribution >= 0.6 is 11.3 Å². The molecule has 0 fully saturated rings. The van der Waals surface area contributed by atoms with Gasteiger partial charge in [0.25, 0.3) is 0 Å². The van der Waals surface area contributed by atoms with E-state index in [4.69, 9.17) is 19.7 Å². The summed E-state index contributed by atoms with van der Waals surface area (Å²) in [5, 5.41) is 5.86. The van der Waals surface area contributed by atoms with Crippen LogP contribution in [0.4, 0.5) is 5.82 Å². The van der Waals surface area contributed by atoms with Crippen molar-refractivity contribution in [1.82, 2.24) is 5.16 Å². The fourth-order valence-electron chi connectivity index (χ4n) is 2.15. The summed E-state index contributed by atoms with van der Waals surface area (Å²) in [5.74, 6) is 2.31. The van der Waals surface area contributed by atoms with E-state index in [1.54, 1.807) is 25.6 Å². The Morgan fingerprint density at radius 2 is 1.95 bits per heavy atom. The number of nitrogen functional groups attached to an aromatic ring is 1. The molecule has 0 aliphatic rings. The zero-order valence-corrected chi connectivity index (χ0v) is 12.4. The van der Waals surface area contributed by atoms with Gasteiger partial charge in [-0.1, -0.05) is 17.3 Å². The van der Waals surface area contributed by atoms with Gasteiger partial charge >= 0.3 is 0 Å². The molecule has 5 nitrogen and oxygen atoms in total. The second-order valence-electron chi connectivity index (χ2n) is 4.32. The van der Waals surface area contributed by atoms with E-state index in [2.05, 4.69) is 5.16 Å². The van der Waals surface area contributed by atoms with Crippen LogP contribution < -0.4 is 15.2 Å². The zero-order chi connectivity index (χ0) is 14.8. The molecular weight excluding hydrogens is 288 g/mol. The number of benzene rings is 1. The number of hydrogen-bond acceptors (Lipinski definition) is 6. The van der Waals surface area contributed by atoms with Crippen LogP contribution in [0.25, 0.3) is 21.8 Å². The number of aromatic nitrogens is 1. The van der Waals surface area contributed by atoms with Crippen LogP contribution in [-0.4, -0.2) is 19.4 Å². The highest BCUT2D eigenvalue weighted by Gasteiger charge is 2.19. The first-order valence-corrected chi connectivity index (χ1v) is 7.14. The van der Waals surface area contributed by atoms with Crippen molar-refractivity contribution in [1.29, 1.82) is 0 Å². The van der Waals surface area contributed by atoms with Crippen LogP contribution in [0.2, 0.25) is 0 Å². The molecule has 0 aliphatic heterocycles. The van der Waals surface area contributed by atoms with Crippen LogP contribution in [0.15, 0.2) is 40.2 Å². The van der Waals surface area contributed by atoms with E-state index in [0.717, 1.165) is 16.0 Å². The van der Waals surface area contributed by atoms with Gasteiger partial charge in [0.2, 0.25) is 0 Å². The van der Waals surface area contributed by atoms with Crippen molar-refractivity contribution >= 4 is 17.2 Å². The van der Waals surface area contributed by atoms with E-state index in [9.17, 15) is 0 Å². The van der Waals surface area contributed by atoms with E-state index in [1.807, 2.05) is 35.7 Å². The average Bonchev–Trinajstić information content (AvgIpc) is 3.15. The largest absolute Gasteiger partial charge is 0.493 e. The lowest BCUT2D eigenvalue weighted by molar-refractivity contribution is 0.355. The molecule has 3 rings (SSSR count). The number of rotatable bonds is 4. The first-order chi connectivity index (χ1) is 10.2. The Balaban J connectivity index is 2.15. The van der Waals surface area contributed by atoms with Gasteiger partial charge in [0.1, 0.15) is 0 Å². The summed E-state index contributed by atoms with van der Waals surface area (Å²) in [6.07, 6.45) is 0. The molecule has 3 aromatic rings. The molecule has 1 aromatic carbocycles. The van der Waals surface area contributed by atoms with Crippen molar-refractivity contribution in [3.63, 3.8) is 0 Å². The first kappa shape index (κ1) is 13.5. The van der Waals surface area contributed by atoms with Crippen molar-refractivity contribution < 1.29 is 14.0 Å². The van der Waals surface area contributed by atoms with E-state index < -0.39 is 0 Å². The SMILES string of the molecule is COc1ccc(-c2c(N)noc2-c2cccs2)cc1OC. The number of thiophene rings is 1. The van der Waals surface area contributed by atoms with Gasteiger partial charge in [0.15, 0.2) is 23.1 Å². The molecule has 0 radical (unpaired) electrons. The molecular formula is C15H14N2O3S. The Kier molecular flexibility index (Phi) is 3.53. The lowest BCUT2D eigenvalue weighted by Gasteiger charge is -2.09. The van der Waals surface area contributed by atoms with Gasteiger partial charge in [0.05, 0.1) is 24.7 Å². The Morgan fingerprint density at radius 3 is 2.62 bits per heavy atom. The molecule has 21 heavy (non-hydrogen) atoms. The van der Waals surface area contributed by atoms with Gasteiger partial charge in [-0.05, 0) is 29.1 Å². The van der Waals surface area contributed by atoms with Crippen molar-refractivity contribution in [2.75, 3.05) is 20.0 Å². The van der Waals surface area contributed by atoms with E-state index in [-0.39, 0.29) is 0 Å². The highest BCUT2D eigenvalue weighted by atomic mass is 32.1. The number of nitrogens with two attached hydrogens (primary N) is 1. The number of hydrogen-bond donors (Lipinski definition) is 1.